The molecule has 1 saturated heterocycles. The van der Waals surface area contributed by atoms with Gasteiger partial charge in [-0.05, 0) is 23.5 Å². The van der Waals surface area contributed by atoms with Gasteiger partial charge in [-0.25, -0.2) is 4.98 Å². The quantitative estimate of drug-likeness (QED) is 0.242. The molecule has 0 radical (unpaired) electrons. The van der Waals surface area contributed by atoms with E-state index in [1.165, 1.54) is 4.90 Å². The molecular formula is C29H43N5O6S. The van der Waals surface area contributed by atoms with Crippen LogP contribution in [0, 0.1) is 12.3 Å². The van der Waals surface area contributed by atoms with Gasteiger partial charge in [0.25, 0.3) is 0 Å². The second-order valence-electron chi connectivity index (χ2n) is 11.2. The number of likely N-dealkylation sites (tertiary alicyclic amines) is 1. The van der Waals surface area contributed by atoms with E-state index in [4.69, 9.17) is 15.2 Å². The number of aryl methyl sites for hydroxylation is 1. The highest BCUT2D eigenvalue weighted by atomic mass is 32.1. The number of aliphatic hydroxyl groups excluding tert-OH is 1. The van der Waals surface area contributed by atoms with Crippen LogP contribution >= 0.6 is 11.3 Å². The van der Waals surface area contributed by atoms with Crippen molar-refractivity contribution < 1.29 is 29.0 Å². The van der Waals surface area contributed by atoms with Crippen molar-refractivity contribution in [2.24, 2.45) is 11.1 Å². The van der Waals surface area contributed by atoms with E-state index in [0.29, 0.717) is 26.4 Å². The normalized spacial score (nSPS) is 17.9. The van der Waals surface area contributed by atoms with E-state index in [-0.39, 0.29) is 44.4 Å². The lowest BCUT2D eigenvalue weighted by molar-refractivity contribution is -0.144. The van der Waals surface area contributed by atoms with Gasteiger partial charge >= 0.3 is 0 Å². The summed E-state index contributed by atoms with van der Waals surface area (Å²) in [5, 5.41) is 16.1. The van der Waals surface area contributed by atoms with Crippen LogP contribution in [0.3, 0.4) is 0 Å². The SMILES string of the molecule is Cc1ncsc1-c1ccc(CNC(=O)C2CC(O)CN2C(=O)[C@@H](NC(=O)CCOCCOCCN)C(C)(C)C)cc1. The summed E-state index contributed by atoms with van der Waals surface area (Å²) in [6.07, 6.45) is -0.626. The molecule has 1 aliphatic rings. The van der Waals surface area contributed by atoms with Crippen molar-refractivity contribution in [1.82, 2.24) is 20.5 Å². The van der Waals surface area contributed by atoms with E-state index >= 15 is 0 Å². The van der Waals surface area contributed by atoms with Gasteiger partial charge in [0.1, 0.15) is 12.1 Å². The Morgan fingerprint density at radius 3 is 2.44 bits per heavy atom. The predicted molar refractivity (Wildman–Crippen MR) is 157 cm³/mol. The molecule has 0 aliphatic carbocycles. The Hall–Kier alpha value is -2.90. The van der Waals surface area contributed by atoms with Gasteiger partial charge in [-0.1, -0.05) is 45.0 Å². The van der Waals surface area contributed by atoms with Crippen molar-refractivity contribution in [2.75, 3.05) is 39.5 Å². The molecule has 3 atom stereocenters. The lowest BCUT2D eigenvalue weighted by Gasteiger charge is -2.35. The Kier molecular flexibility index (Phi) is 12.2. The molecule has 1 fully saturated rings. The molecule has 1 aliphatic heterocycles. The number of carbonyl (C=O) groups is 3. The number of hydrogen-bond donors (Lipinski definition) is 4. The van der Waals surface area contributed by atoms with Gasteiger partial charge < -0.3 is 35.8 Å². The number of nitrogens with two attached hydrogens (primary N) is 1. The van der Waals surface area contributed by atoms with E-state index in [0.717, 1.165) is 21.7 Å². The Labute approximate surface area is 245 Å². The molecule has 2 aromatic rings. The fourth-order valence-corrected chi connectivity index (χ4v) is 5.40. The summed E-state index contributed by atoms with van der Waals surface area (Å²) in [6, 6.07) is 6.16. The topological polar surface area (TPSA) is 156 Å². The third-order valence-corrected chi connectivity index (χ3v) is 7.80. The summed E-state index contributed by atoms with van der Waals surface area (Å²) < 4.78 is 10.7. The zero-order chi connectivity index (χ0) is 30.0. The molecule has 0 bridgehead atoms. The van der Waals surface area contributed by atoms with Crippen LogP contribution in [0.4, 0.5) is 0 Å². The summed E-state index contributed by atoms with van der Waals surface area (Å²) in [5.74, 6) is -1.08. The van der Waals surface area contributed by atoms with Gasteiger partial charge in [0.2, 0.25) is 17.7 Å². The van der Waals surface area contributed by atoms with Crippen molar-refractivity contribution in [1.29, 1.82) is 0 Å². The first-order valence-corrected chi connectivity index (χ1v) is 14.8. The lowest BCUT2D eigenvalue weighted by Crippen LogP contribution is -2.57. The molecule has 3 amide bonds. The molecular weight excluding hydrogens is 546 g/mol. The van der Waals surface area contributed by atoms with Crippen LogP contribution in [-0.2, 0) is 30.4 Å². The van der Waals surface area contributed by atoms with Crippen molar-refractivity contribution in [3.8, 4) is 10.4 Å². The van der Waals surface area contributed by atoms with Crippen LogP contribution in [0.1, 0.15) is 44.9 Å². The summed E-state index contributed by atoms with van der Waals surface area (Å²) in [4.78, 5) is 46.3. The molecule has 41 heavy (non-hydrogen) atoms. The van der Waals surface area contributed by atoms with E-state index in [9.17, 15) is 19.5 Å². The fourth-order valence-electron chi connectivity index (χ4n) is 4.58. The zero-order valence-electron chi connectivity index (χ0n) is 24.4. The maximum Gasteiger partial charge on any atom is 0.246 e. The molecule has 2 unspecified atom stereocenters. The van der Waals surface area contributed by atoms with Crippen LogP contribution in [-0.4, -0.2) is 90.4 Å². The van der Waals surface area contributed by atoms with E-state index < -0.39 is 29.5 Å². The number of β-amino-alcohol motifs (C(OH)–C–C–N with tert-alkyl or cyclic N) is 1. The average molecular weight is 590 g/mol. The van der Waals surface area contributed by atoms with Gasteiger partial charge in [-0.3, -0.25) is 14.4 Å². The number of carbonyl (C=O) groups excluding carboxylic acids is 3. The molecule has 11 nitrogen and oxygen atoms in total. The van der Waals surface area contributed by atoms with E-state index in [1.807, 2.05) is 57.5 Å². The minimum atomic E-state index is -0.883. The maximum absolute atomic E-state index is 13.7. The Morgan fingerprint density at radius 1 is 1.15 bits per heavy atom. The monoisotopic (exact) mass is 589 g/mol. The van der Waals surface area contributed by atoms with Crippen LogP contribution in [0.25, 0.3) is 10.4 Å². The van der Waals surface area contributed by atoms with Gasteiger partial charge in [0, 0.05) is 32.5 Å². The highest BCUT2D eigenvalue weighted by Crippen LogP contribution is 2.28. The number of ether oxygens (including phenoxy) is 2. The fraction of sp³-hybridized carbons (Fsp3) is 0.586. The second kappa shape index (κ2) is 15.4. The number of aliphatic hydroxyl groups is 1. The van der Waals surface area contributed by atoms with Gasteiger partial charge in [-0.15, -0.1) is 11.3 Å². The third-order valence-electron chi connectivity index (χ3n) is 6.82. The Morgan fingerprint density at radius 2 is 1.83 bits per heavy atom. The molecule has 1 aromatic carbocycles. The van der Waals surface area contributed by atoms with Crippen LogP contribution < -0.4 is 16.4 Å². The van der Waals surface area contributed by atoms with Gasteiger partial charge in [0.05, 0.1) is 48.6 Å². The molecule has 0 saturated carbocycles. The molecule has 226 valence electrons. The number of nitrogens with one attached hydrogen (secondary N) is 2. The molecule has 3 rings (SSSR count). The molecule has 2 heterocycles. The number of hydrogen-bond acceptors (Lipinski definition) is 9. The summed E-state index contributed by atoms with van der Waals surface area (Å²) in [5.41, 5.74) is 9.50. The van der Waals surface area contributed by atoms with Crippen molar-refractivity contribution in [3.05, 3.63) is 41.0 Å². The predicted octanol–water partition coefficient (Wildman–Crippen LogP) is 1.61. The highest BCUT2D eigenvalue weighted by Gasteiger charge is 2.44. The number of rotatable bonds is 14. The number of benzene rings is 1. The Balaban J connectivity index is 1.57. The summed E-state index contributed by atoms with van der Waals surface area (Å²) in [6.45, 7) is 9.61. The lowest BCUT2D eigenvalue weighted by atomic mass is 9.85. The maximum atomic E-state index is 13.7. The van der Waals surface area contributed by atoms with E-state index in [1.54, 1.807) is 11.3 Å². The third kappa shape index (κ3) is 9.57. The number of thiazole rings is 1. The van der Waals surface area contributed by atoms with Crippen molar-refractivity contribution >= 4 is 29.1 Å². The number of amides is 3. The molecule has 5 N–H and O–H groups in total. The highest BCUT2D eigenvalue weighted by molar-refractivity contribution is 7.13. The zero-order valence-corrected chi connectivity index (χ0v) is 25.2. The largest absolute Gasteiger partial charge is 0.391 e. The number of aromatic nitrogens is 1. The van der Waals surface area contributed by atoms with Gasteiger partial charge in [-0.2, -0.15) is 0 Å². The second-order valence-corrected chi connectivity index (χ2v) is 12.1. The van der Waals surface area contributed by atoms with E-state index in [2.05, 4.69) is 15.6 Å². The van der Waals surface area contributed by atoms with Crippen LogP contribution in [0.5, 0.6) is 0 Å². The Bertz CT molecular complexity index is 1150. The first-order valence-electron chi connectivity index (χ1n) is 13.9. The van der Waals surface area contributed by atoms with Crippen molar-refractivity contribution in [3.63, 3.8) is 0 Å². The minimum Gasteiger partial charge on any atom is -0.391 e. The van der Waals surface area contributed by atoms with Gasteiger partial charge in [0.15, 0.2) is 0 Å². The molecule has 12 heteroatoms. The summed E-state index contributed by atoms with van der Waals surface area (Å²) >= 11 is 1.58. The van der Waals surface area contributed by atoms with Crippen molar-refractivity contribution in [2.45, 2.75) is 65.3 Å². The number of nitrogens with zero attached hydrogens (tertiary/aromatic N) is 2. The minimum absolute atomic E-state index is 0.0220. The molecule has 0 spiro atoms. The standard InChI is InChI=1S/C29H43N5O6S/c1-19-25(41-18-32-19)21-7-5-20(6-8-21)16-31-27(37)23-15-22(35)17-34(23)28(38)26(29(2,3)4)33-24(36)9-11-39-13-14-40-12-10-30/h5-8,18,22-23,26,35H,9-17,30H2,1-4H3,(H,31,37)(H,33,36)/t22?,23?,26-/m1/s1. The smallest absolute Gasteiger partial charge is 0.246 e. The first-order chi connectivity index (χ1) is 19.5. The van der Waals surface area contributed by atoms with Crippen LogP contribution in [0.2, 0.25) is 0 Å². The van der Waals surface area contributed by atoms with Crippen LogP contribution in [0.15, 0.2) is 29.8 Å². The average Bonchev–Trinajstić information content (AvgIpc) is 3.54. The first kappa shape index (κ1) is 32.6. The molecule has 1 aromatic heterocycles. The summed E-state index contributed by atoms with van der Waals surface area (Å²) in [7, 11) is 0.